The van der Waals surface area contributed by atoms with Crippen molar-refractivity contribution in [3.8, 4) is 5.75 Å². The summed E-state index contributed by atoms with van der Waals surface area (Å²) in [4.78, 5) is 11.6. The van der Waals surface area contributed by atoms with Crippen molar-refractivity contribution in [2.75, 3.05) is 19.0 Å². The van der Waals surface area contributed by atoms with Gasteiger partial charge in [0.1, 0.15) is 11.3 Å². The van der Waals surface area contributed by atoms with Gasteiger partial charge in [-0.15, -0.1) is 0 Å². The molecule has 0 aromatic heterocycles. The first-order valence-electron chi connectivity index (χ1n) is 5.76. The Morgan fingerprint density at radius 2 is 1.95 bits per heavy atom. The topological polar surface area (TPSA) is 92.7 Å². The minimum Gasteiger partial charge on any atom is -0.748 e. The smallest absolute Gasteiger partial charge is 0.748 e. The van der Waals surface area contributed by atoms with E-state index in [-0.39, 0.29) is 54.8 Å². The number of rotatable bonds is 7. The molecular weight excluding hydrogens is 295 g/mol. The molecule has 0 N–H and O–H groups in total. The second-order valence-electron chi connectivity index (χ2n) is 3.68. The fourth-order valence-corrected chi connectivity index (χ4v) is 1.86. The predicted molar refractivity (Wildman–Crippen MR) is 67.1 cm³/mol. The second kappa shape index (κ2) is 9.36. The van der Waals surface area contributed by atoms with Crippen molar-refractivity contribution in [1.29, 1.82) is 0 Å². The standard InChI is InChI=1S/C12H16O6S.Na/c1-2-17-12(13)10-6-3-4-7-11(10)18-8-5-9-19(14,15)16;/h3-4,6-7H,2,5,8-9H2,1H3,(H,14,15,16);/q;+1/p-1. The van der Waals surface area contributed by atoms with Gasteiger partial charge >= 0.3 is 35.5 Å². The van der Waals surface area contributed by atoms with E-state index in [1.807, 2.05) is 0 Å². The summed E-state index contributed by atoms with van der Waals surface area (Å²) in [6.07, 6.45) is 0.0724. The van der Waals surface area contributed by atoms with Crippen LogP contribution in [-0.2, 0) is 14.9 Å². The second-order valence-corrected chi connectivity index (χ2v) is 5.20. The number of hydrogen-bond donors (Lipinski definition) is 0. The monoisotopic (exact) mass is 310 g/mol. The van der Waals surface area contributed by atoms with Crippen molar-refractivity contribution in [1.82, 2.24) is 0 Å². The molecule has 0 aliphatic rings. The van der Waals surface area contributed by atoms with Gasteiger partial charge in [-0.1, -0.05) is 12.1 Å². The summed E-state index contributed by atoms with van der Waals surface area (Å²) in [5.41, 5.74) is 0.273. The molecule has 1 aromatic rings. The van der Waals surface area contributed by atoms with E-state index >= 15 is 0 Å². The Morgan fingerprint density at radius 1 is 1.30 bits per heavy atom. The van der Waals surface area contributed by atoms with E-state index in [0.717, 1.165) is 0 Å². The van der Waals surface area contributed by atoms with Gasteiger partial charge in [-0.05, 0) is 25.5 Å². The number of carbonyl (C=O) groups excluding carboxylic acids is 1. The molecule has 0 spiro atoms. The van der Waals surface area contributed by atoms with E-state index in [9.17, 15) is 17.8 Å². The van der Waals surface area contributed by atoms with Crippen molar-refractivity contribution >= 4 is 16.1 Å². The van der Waals surface area contributed by atoms with Crippen molar-refractivity contribution in [3.63, 3.8) is 0 Å². The molecule has 8 heteroatoms. The molecule has 1 aromatic carbocycles. The maximum Gasteiger partial charge on any atom is 1.00 e. The zero-order chi connectivity index (χ0) is 14.3. The SMILES string of the molecule is CCOC(=O)c1ccccc1OCCCS(=O)(=O)[O-].[Na+]. The molecule has 0 bridgehead atoms. The number of para-hydroxylation sites is 1. The zero-order valence-electron chi connectivity index (χ0n) is 11.5. The Kier molecular flexibility index (Phi) is 9.08. The molecule has 20 heavy (non-hydrogen) atoms. The van der Waals surface area contributed by atoms with Crippen LogP contribution in [-0.4, -0.2) is 37.9 Å². The van der Waals surface area contributed by atoms with E-state index < -0.39 is 21.8 Å². The molecule has 0 heterocycles. The van der Waals surface area contributed by atoms with E-state index in [2.05, 4.69) is 0 Å². The van der Waals surface area contributed by atoms with Crippen LogP contribution in [0, 0.1) is 0 Å². The van der Waals surface area contributed by atoms with Crippen LogP contribution in [0.2, 0.25) is 0 Å². The first kappa shape index (κ1) is 19.4. The Labute approximate surface area is 140 Å². The van der Waals surface area contributed by atoms with E-state index in [1.165, 1.54) is 0 Å². The van der Waals surface area contributed by atoms with Gasteiger partial charge in [-0.2, -0.15) is 0 Å². The van der Waals surface area contributed by atoms with Gasteiger partial charge in [0.2, 0.25) is 0 Å². The first-order chi connectivity index (χ1) is 8.94. The number of benzene rings is 1. The van der Waals surface area contributed by atoms with Crippen LogP contribution in [0.15, 0.2) is 24.3 Å². The summed E-state index contributed by atoms with van der Waals surface area (Å²) in [5, 5.41) is 0. The number of ether oxygens (including phenoxy) is 2. The van der Waals surface area contributed by atoms with Crippen LogP contribution in [0.3, 0.4) is 0 Å². The van der Waals surface area contributed by atoms with Gasteiger partial charge in [0, 0.05) is 5.75 Å². The quantitative estimate of drug-likeness (QED) is 0.255. The molecule has 0 fully saturated rings. The van der Waals surface area contributed by atoms with E-state index in [0.29, 0.717) is 5.75 Å². The molecule has 0 aliphatic heterocycles. The molecule has 0 radical (unpaired) electrons. The molecule has 0 amide bonds. The van der Waals surface area contributed by atoms with Crippen LogP contribution >= 0.6 is 0 Å². The maximum atomic E-state index is 11.6. The molecule has 0 atom stereocenters. The van der Waals surface area contributed by atoms with Gasteiger partial charge in [0.25, 0.3) is 0 Å². The third-order valence-electron chi connectivity index (χ3n) is 2.18. The van der Waals surface area contributed by atoms with E-state index in [4.69, 9.17) is 9.47 Å². The summed E-state index contributed by atoms with van der Waals surface area (Å²) >= 11 is 0. The van der Waals surface area contributed by atoms with Crippen molar-refractivity contribution in [2.24, 2.45) is 0 Å². The number of esters is 1. The van der Waals surface area contributed by atoms with Crippen LogP contribution in [0.4, 0.5) is 0 Å². The molecule has 0 saturated heterocycles. The Morgan fingerprint density at radius 3 is 2.55 bits per heavy atom. The number of hydrogen-bond acceptors (Lipinski definition) is 6. The number of carbonyl (C=O) groups is 1. The van der Waals surface area contributed by atoms with Gasteiger partial charge in [0.15, 0.2) is 0 Å². The maximum absolute atomic E-state index is 11.6. The van der Waals surface area contributed by atoms with Gasteiger partial charge in [-0.25, -0.2) is 13.2 Å². The molecule has 0 saturated carbocycles. The largest absolute Gasteiger partial charge is 1.00 e. The fourth-order valence-electron chi connectivity index (χ4n) is 1.39. The Balaban J connectivity index is 0.00000361. The van der Waals surface area contributed by atoms with Crippen LogP contribution in [0.25, 0.3) is 0 Å². The van der Waals surface area contributed by atoms with Crippen LogP contribution in [0.1, 0.15) is 23.7 Å². The summed E-state index contributed by atoms with van der Waals surface area (Å²) in [5.74, 6) is -0.687. The summed E-state index contributed by atoms with van der Waals surface area (Å²) in [7, 11) is -4.24. The third kappa shape index (κ3) is 7.25. The predicted octanol–water partition coefficient (Wildman–Crippen LogP) is -1.82. The average molecular weight is 310 g/mol. The zero-order valence-corrected chi connectivity index (χ0v) is 14.3. The minimum absolute atomic E-state index is 0. The average Bonchev–Trinajstić information content (AvgIpc) is 2.34. The molecule has 6 nitrogen and oxygen atoms in total. The summed E-state index contributed by atoms with van der Waals surface area (Å²) < 4.78 is 41.4. The minimum atomic E-state index is -4.24. The summed E-state index contributed by atoms with van der Waals surface area (Å²) in [6.45, 7) is 1.99. The molecule has 0 aliphatic carbocycles. The van der Waals surface area contributed by atoms with Gasteiger partial charge in [0.05, 0.1) is 23.3 Å². The molecule has 1 rings (SSSR count). The van der Waals surface area contributed by atoms with Gasteiger partial charge < -0.3 is 14.0 Å². The fraction of sp³-hybridized carbons (Fsp3) is 0.417. The molecular formula is C12H15NaO6S. The first-order valence-corrected chi connectivity index (χ1v) is 7.34. The third-order valence-corrected chi connectivity index (χ3v) is 2.97. The Hall–Kier alpha value is -0.600. The van der Waals surface area contributed by atoms with Crippen LogP contribution < -0.4 is 34.3 Å². The molecule has 106 valence electrons. The van der Waals surface area contributed by atoms with Crippen molar-refractivity contribution in [3.05, 3.63) is 29.8 Å². The van der Waals surface area contributed by atoms with Crippen LogP contribution in [0.5, 0.6) is 5.75 Å². The van der Waals surface area contributed by atoms with Crippen molar-refractivity contribution in [2.45, 2.75) is 13.3 Å². The molecule has 0 unspecified atom stereocenters. The van der Waals surface area contributed by atoms with Gasteiger partial charge in [-0.3, -0.25) is 0 Å². The van der Waals surface area contributed by atoms with E-state index in [1.54, 1.807) is 31.2 Å². The Bertz CT molecular complexity index is 529. The normalized spacial score (nSPS) is 10.5. The summed E-state index contributed by atoms with van der Waals surface area (Å²) in [6, 6.07) is 6.49. The van der Waals surface area contributed by atoms with Crippen molar-refractivity contribution < 1.29 is 56.8 Å².